The lowest BCUT2D eigenvalue weighted by atomic mass is 10.1. The number of carbonyl (C=O) groups excluding carboxylic acids is 3. The lowest BCUT2D eigenvalue weighted by Gasteiger charge is -2.28. The Labute approximate surface area is 215 Å². The third kappa shape index (κ3) is 7.49. The maximum atomic E-state index is 13.5. The van der Waals surface area contributed by atoms with E-state index in [9.17, 15) is 14.4 Å². The molecule has 2 heterocycles. The van der Waals surface area contributed by atoms with Crippen molar-refractivity contribution in [2.45, 2.75) is 90.0 Å². The number of nitrogens with one attached hydrogen (secondary N) is 1. The zero-order chi connectivity index (χ0) is 26.5. The fourth-order valence-electron chi connectivity index (χ4n) is 4.15. The van der Waals surface area contributed by atoms with Crippen LogP contribution in [0.15, 0.2) is 22.6 Å². The Morgan fingerprint density at radius 1 is 1.28 bits per heavy atom. The van der Waals surface area contributed by atoms with Crippen LogP contribution in [-0.2, 0) is 14.3 Å². The van der Waals surface area contributed by atoms with Gasteiger partial charge in [-0.1, -0.05) is 44.2 Å². The molecule has 36 heavy (non-hydrogen) atoms. The molecule has 2 aromatic rings. The van der Waals surface area contributed by atoms with Gasteiger partial charge in [-0.15, -0.1) is 0 Å². The molecule has 1 aromatic carbocycles. The Morgan fingerprint density at radius 3 is 2.69 bits per heavy atom. The summed E-state index contributed by atoms with van der Waals surface area (Å²) in [5.41, 5.74) is 5.94. The Bertz CT molecular complexity index is 1080. The molecule has 3 atom stereocenters. The summed E-state index contributed by atoms with van der Waals surface area (Å²) >= 11 is 6.00. The fraction of sp³-hybridized carbons (Fsp3) is 0.600. The molecule has 1 aliphatic heterocycles. The van der Waals surface area contributed by atoms with Crippen LogP contribution in [0.4, 0.5) is 4.79 Å². The molecule has 10 nitrogen and oxygen atoms in total. The third-order valence-corrected chi connectivity index (χ3v) is 6.04. The number of rotatable bonds is 10. The van der Waals surface area contributed by atoms with Crippen molar-refractivity contribution in [3.8, 4) is 6.08 Å². The highest BCUT2D eigenvalue weighted by Gasteiger charge is 2.42. The van der Waals surface area contributed by atoms with Crippen molar-refractivity contribution in [1.82, 2.24) is 15.2 Å². The molecule has 1 saturated heterocycles. The molecular formula is C25H35ClN4O6. The van der Waals surface area contributed by atoms with Gasteiger partial charge in [0.25, 0.3) is 0 Å². The van der Waals surface area contributed by atoms with Crippen molar-refractivity contribution < 1.29 is 28.3 Å². The fourth-order valence-corrected chi connectivity index (χ4v) is 4.32. The lowest BCUT2D eigenvalue weighted by molar-refractivity contribution is -0.139. The zero-order valence-electron chi connectivity index (χ0n) is 21.2. The molecule has 0 bridgehead atoms. The van der Waals surface area contributed by atoms with Crippen LogP contribution >= 0.6 is 11.6 Å². The third-order valence-electron chi connectivity index (χ3n) is 5.81. The number of primary amides is 1. The maximum absolute atomic E-state index is 13.5. The van der Waals surface area contributed by atoms with Crippen molar-refractivity contribution in [1.29, 1.82) is 0 Å². The summed E-state index contributed by atoms with van der Waals surface area (Å²) in [5.74, 6) is -1.06. The number of aromatic nitrogens is 1. The first kappa shape index (κ1) is 27.6. The molecule has 0 radical (unpaired) electrons. The summed E-state index contributed by atoms with van der Waals surface area (Å²) in [5, 5.41) is 3.20. The topological polar surface area (TPSA) is 137 Å². The van der Waals surface area contributed by atoms with E-state index < -0.39 is 41.7 Å². The number of nitrogens with zero attached hydrogens (tertiary/aromatic N) is 2. The van der Waals surface area contributed by atoms with E-state index in [4.69, 9.17) is 31.2 Å². The first-order valence-electron chi connectivity index (χ1n) is 12.3. The second kappa shape index (κ2) is 11.8. The quantitative estimate of drug-likeness (QED) is 0.446. The van der Waals surface area contributed by atoms with E-state index in [0.29, 0.717) is 22.5 Å². The Hall–Kier alpha value is -3.01. The minimum absolute atomic E-state index is 0.0118. The number of hydrogen-bond donors (Lipinski definition) is 2. The van der Waals surface area contributed by atoms with Gasteiger partial charge in [0.15, 0.2) is 5.58 Å². The average Bonchev–Trinajstić information content (AvgIpc) is 3.37. The summed E-state index contributed by atoms with van der Waals surface area (Å²) in [6, 6.07) is 3.26. The number of alkyl carbamates (subject to hydrolysis) is 1. The van der Waals surface area contributed by atoms with Gasteiger partial charge < -0.3 is 29.8 Å². The second-order valence-corrected chi connectivity index (χ2v) is 10.5. The highest BCUT2D eigenvalue weighted by atomic mass is 35.5. The zero-order valence-corrected chi connectivity index (χ0v) is 22.0. The molecule has 0 saturated carbocycles. The van der Waals surface area contributed by atoms with Crippen LogP contribution in [0.5, 0.6) is 6.08 Å². The SMILES string of the molecule is CCCCCC[C@H](NC(=O)OC(C)(C)C)C(=O)N1C[C@H](Oc2nc3cc(Cl)ccc3o2)C[C@H]1C(N)=O. The number of ether oxygens (including phenoxy) is 2. The van der Waals surface area contributed by atoms with Crippen LogP contribution < -0.4 is 15.8 Å². The van der Waals surface area contributed by atoms with Crippen LogP contribution in [0.3, 0.4) is 0 Å². The number of carbonyl (C=O) groups is 3. The van der Waals surface area contributed by atoms with Gasteiger partial charge >= 0.3 is 12.2 Å². The normalized spacial score (nSPS) is 18.8. The van der Waals surface area contributed by atoms with E-state index >= 15 is 0 Å². The Morgan fingerprint density at radius 2 is 2.03 bits per heavy atom. The van der Waals surface area contributed by atoms with Crippen molar-refractivity contribution >= 4 is 40.6 Å². The summed E-state index contributed by atoms with van der Waals surface area (Å²) < 4.78 is 16.8. The minimum Gasteiger partial charge on any atom is -0.445 e. The molecule has 3 amide bonds. The van der Waals surface area contributed by atoms with E-state index in [-0.39, 0.29) is 19.0 Å². The second-order valence-electron chi connectivity index (χ2n) is 10.0. The van der Waals surface area contributed by atoms with E-state index in [2.05, 4.69) is 17.2 Å². The van der Waals surface area contributed by atoms with Gasteiger partial charge in [-0.25, -0.2) is 4.79 Å². The molecule has 3 N–H and O–H groups in total. The van der Waals surface area contributed by atoms with Gasteiger partial charge in [0.1, 0.15) is 29.3 Å². The van der Waals surface area contributed by atoms with E-state index in [0.717, 1.165) is 25.7 Å². The van der Waals surface area contributed by atoms with Crippen LogP contribution in [0.1, 0.15) is 66.2 Å². The summed E-state index contributed by atoms with van der Waals surface area (Å²) in [7, 11) is 0. The molecule has 0 unspecified atom stereocenters. The van der Waals surface area contributed by atoms with E-state index in [1.165, 1.54) is 4.90 Å². The number of amides is 3. The Kier molecular flexibility index (Phi) is 9.05. The van der Waals surface area contributed by atoms with E-state index in [1.54, 1.807) is 39.0 Å². The van der Waals surface area contributed by atoms with Gasteiger partial charge in [-0.3, -0.25) is 9.59 Å². The monoisotopic (exact) mass is 522 g/mol. The van der Waals surface area contributed by atoms with Crippen molar-refractivity contribution in [3.63, 3.8) is 0 Å². The highest BCUT2D eigenvalue weighted by molar-refractivity contribution is 6.31. The predicted molar refractivity (Wildman–Crippen MR) is 135 cm³/mol. The molecule has 1 aliphatic rings. The Balaban J connectivity index is 1.73. The van der Waals surface area contributed by atoms with E-state index in [1.807, 2.05) is 0 Å². The van der Waals surface area contributed by atoms with Gasteiger partial charge in [0.2, 0.25) is 11.8 Å². The number of hydrogen-bond acceptors (Lipinski definition) is 7. The van der Waals surface area contributed by atoms with Gasteiger partial charge in [0.05, 0.1) is 6.54 Å². The maximum Gasteiger partial charge on any atom is 0.408 e. The molecule has 3 rings (SSSR count). The van der Waals surface area contributed by atoms with Crippen molar-refractivity contribution in [3.05, 3.63) is 23.2 Å². The van der Waals surface area contributed by atoms with Crippen LogP contribution in [0, 0.1) is 0 Å². The molecule has 1 fully saturated rings. The average molecular weight is 523 g/mol. The van der Waals surface area contributed by atoms with Crippen LogP contribution in [0.25, 0.3) is 11.1 Å². The largest absolute Gasteiger partial charge is 0.445 e. The van der Waals surface area contributed by atoms with Gasteiger partial charge in [0, 0.05) is 11.4 Å². The standard InChI is InChI=1S/C25H35ClN4O6/c1-5-6-7-8-9-17(28-23(33)36-25(2,3)4)22(32)30-14-16(13-19(30)21(27)31)34-24-29-18-12-15(26)10-11-20(18)35-24/h10-12,16-17,19H,5-9,13-14H2,1-4H3,(H2,27,31)(H,28,33)/t16-,17+,19+/m1/s1. The summed E-state index contributed by atoms with van der Waals surface area (Å²) in [6.07, 6.45) is 3.05. The number of halogens is 1. The summed E-state index contributed by atoms with van der Waals surface area (Å²) in [6.45, 7) is 7.42. The molecule has 0 spiro atoms. The number of fused-ring (bicyclic) bond motifs is 1. The number of oxazole rings is 1. The molecular weight excluding hydrogens is 488 g/mol. The smallest absolute Gasteiger partial charge is 0.408 e. The van der Waals surface area contributed by atoms with Crippen molar-refractivity contribution in [2.75, 3.05) is 6.54 Å². The first-order valence-corrected chi connectivity index (χ1v) is 12.7. The number of likely N-dealkylation sites (tertiary alicyclic amines) is 1. The minimum atomic E-state index is -0.889. The van der Waals surface area contributed by atoms with Gasteiger partial charge in [-0.05, 0) is 45.4 Å². The predicted octanol–water partition coefficient (Wildman–Crippen LogP) is 4.18. The molecule has 0 aliphatic carbocycles. The molecule has 1 aromatic heterocycles. The van der Waals surface area contributed by atoms with Gasteiger partial charge in [-0.2, -0.15) is 4.98 Å². The lowest BCUT2D eigenvalue weighted by Crippen LogP contribution is -2.53. The van der Waals surface area contributed by atoms with Crippen molar-refractivity contribution in [2.24, 2.45) is 5.73 Å². The molecule has 11 heteroatoms. The van der Waals surface area contributed by atoms with Crippen LogP contribution in [-0.4, -0.2) is 58.1 Å². The first-order chi connectivity index (χ1) is 17.0. The highest BCUT2D eigenvalue weighted by Crippen LogP contribution is 2.28. The van der Waals surface area contributed by atoms with Crippen LogP contribution in [0.2, 0.25) is 5.02 Å². The number of benzene rings is 1. The molecule has 198 valence electrons. The summed E-state index contributed by atoms with van der Waals surface area (Å²) in [4.78, 5) is 43.9. The number of unbranched alkanes of at least 4 members (excludes halogenated alkanes) is 3. The number of nitrogens with two attached hydrogens (primary N) is 1.